The van der Waals surface area contributed by atoms with Gasteiger partial charge in [0.25, 0.3) is 5.91 Å². The van der Waals surface area contributed by atoms with E-state index in [1.54, 1.807) is 11.0 Å². The quantitative estimate of drug-likeness (QED) is 0.909. The number of carbonyl (C=O) groups is 1. The molecule has 120 valence electrons. The molecule has 1 aliphatic carbocycles. The van der Waals surface area contributed by atoms with Crippen molar-refractivity contribution in [1.29, 1.82) is 0 Å². The molecule has 6 nitrogen and oxygen atoms in total. The van der Waals surface area contributed by atoms with Crippen LogP contribution in [0.1, 0.15) is 28.8 Å². The van der Waals surface area contributed by atoms with Crippen LogP contribution in [-0.4, -0.2) is 44.7 Å². The van der Waals surface area contributed by atoms with Crippen LogP contribution < -0.4 is 5.73 Å². The molecule has 1 aromatic heterocycles. The summed E-state index contributed by atoms with van der Waals surface area (Å²) in [5, 5.41) is 4.12. The van der Waals surface area contributed by atoms with E-state index in [1.165, 1.54) is 6.33 Å². The van der Waals surface area contributed by atoms with Crippen molar-refractivity contribution in [1.82, 2.24) is 19.7 Å². The molecule has 2 aromatic rings. The molecule has 1 saturated carbocycles. The minimum Gasteiger partial charge on any atom is -0.338 e. The zero-order valence-electron chi connectivity index (χ0n) is 13.2. The fraction of sp³-hybridized carbons (Fsp3) is 0.471. The maximum absolute atomic E-state index is 12.9. The maximum Gasteiger partial charge on any atom is 0.254 e. The van der Waals surface area contributed by atoms with Gasteiger partial charge < -0.3 is 10.6 Å². The molecule has 4 rings (SSSR count). The second-order valence-electron chi connectivity index (χ2n) is 6.71. The first-order valence-electron chi connectivity index (χ1n) is 8.14. The molecule has 1 saturated heterocycles. The van der Waals surface area contributed by atoms with E-state index in [1.807, 2.05) is 30.0 Å². The van der Waals surface area contributed by atoms with Crippen LogP contribution in [0, 0.1) is 18.8 Å². The van der Waals surface area contributed by atoms with Crippen molar-refractivity contribution in [2.45, 2.75) is 25.8 Å². The molecule has 2 heterocycles. The molecule has 0 radical (unpaired) electrons. The highest BCUT2D eigenvalue weighted by molar-refractivity contribution is 5.96. The molecule has 3 unspecified atom stereocenters. The van der Waals surface area contributed by atoms with Gasteiger partial charge in [0.05, 0.1) is 5.69 Å². The predicted octanol–water partition coefficient (Wildman–Crippen LogP) is 1.39. The number of nitrogens with two attached hydrogens (primary N) is 1. The van der Waals surface area contributed by atoms with E-state index in [0.717, 1.165) is 42.7 Å². The van der Waals surface area contributed by atoms with Gasteiger partial charge in [0.1, 0.15) is 12.7 Å². The van der Waals surface area contributed by atoms with Gasteiger partial charge in [-0.15, -0.1) is 0 Å². The molecule has 6 heteroatoms. The Hall–Kier alpha value is -2.21. The third kappa shape index (κ3) is 2.43. The standard InChI is InChI=1S/C17H21N5O/c1-11-6-13(22-10-19-9-20-22)3-4-14(11)17(23)21-7-12-2-5-16(18)15(12)8-21/h3-4,6,9-10,12,15-16H,2,5,7-8,18H2,1H3. The first kappa shape index (κ1) is 14.4. The molecule has 0 spiro atoms. The van der Waals surface area contributed by atoms with Crippen LogP contribution in [0.25, 0.3) is 5.69 Å². The molecular formula is C17H21N5O. The van der Waals surface area contributed by atoms with Gasteiger partial charge in [-0.2, -0.15) is 5.10 Å². The van der Waals surface area contributed by atoms with Crippen molar-refractivity contribution >= 4 is 5.91 Å². The van der Waals surface area contributed by atoms with Gasteiger partial charge in [-0.25, -0.2) is 9.67 Å². The highest BCUT2D eigenvalue weighted by Crippen LogP contribution is 2.37. The van der Waals surface area contributed by atoms with E-state index < -0.39 is 0 Å². The third-order valence-corrected chi connectivity index (χ3v) is 5.32. The Kier molecular flexibility index (Phi) is 3.41. The topological polar surface area (TPSA) is 77.0 Å². The fourth-order valence-electron chi connectivity index (χ4n) is 4.02. The van der Waals surface area contributed by atoms with Crippen LogP contribution in [0.3, 0.4) is 0 Å². The normalized spacial score (nSPS) is 26.5. The average Bonchev–Trinajstić information content (AvgIpc) is 3.25. The van der Waals surface area contributed by atoms with Crippen LogP contribution in [0.2, 0.25) is 0 Å². The molecule has 2 N–H and O–H groups in total. The van der Waals surface area contributed by atoms with Gasteiger partial charge in [-0.05, 0) is 55.4 Å². The van der Waals surface area contributed by atoms with Crippen molar-refractivity contribution in [3.8, 4) is 5.69 Å². The summed E-state index contributed by atoms with van der Waals surface area (Å²) in [6, 6.07) is 6.04. The molecular weight excluding hydrogens is 290 g/mol. The molecule has 1 amide bonds. The number of nitrogens with zero attached hydrogens (tertiary/aromatic N) is 4. The van der Waals surface area contributed by atoms with Crippen LogP contribution in [0.15, 0.2) is 30.9 Å². The number of hydrogen-bond acceptors (Lipinski definition) is 4. The van der Waals surface area contributed by atoms with Crippen molar-refractivity contribution < 1.29 is 4.79 Å². The van der Waals surface area contributed by atoms with E-state index in [9.17, 15) is 4.79 Å². The number of benzene rings is 1. The third-order valence-electron chi connectivity index (χ3n) is 5.32. The zero-order valence-corrected chi connectivity index (χ0v) is 13.2. The van der Waals surface area contributed by atoms with Crippen molar-refractivity contribution in [2.75, 3.05) is 13.1 Å². The summed E-state index contributed by atoms with van der Waals surface area (Å²) < 4.78 is 1.69. The van der Waals surface area contributed by atoms with Crippen molar-refractivity contribution in [3.63, 3.8) is 0 Å². The van der Waals surface area contributed by atoms with Gasteiger partial charge in [-0.3, -0.25) is 4.79 Å². The Bertz CT molecular complexity index is 727. The first-order chi connectivity index (χ1) is 11.1. The minimum absolute atomic E-state index is 0.120. The lowest BCUT2D eigenvalue weighted by molar-refractivity contribution is 0.0779. The van der Waals surface area contributed by atoms with Crippen LogP contribution in [0.5, 0.6) is 0 Å². The molecule has 23 heavy (non-hydrogen) atoms. The lowest BCUT2D eigenvalue weighted by Crippen LogP contribution is -2.33. The Labute approximate surface area is 135 Å². The summed E-state index contributed by atoms with van der Waals surface area (Å²) in [7, 11) is 0. The van der Waals surface area contributed by atoms with E-state index in [0.29, 0.717) is 11.8 Å². The largest absolute Gasteiger partial charge is 0.338 e. The molecule has 1 aromatic carbocycles. The Balaban J connectivity index is 1.55. The van der Waals surface area contributed by atoms with Crippen molar-refractivity contribution in [3.05, 3.63) is 42.0 Å². The number of aryl methyl sites for hydroxylation is 1. The van der Waals surface area contributed by atoms with E-state index in [2.05, 4.69) is 10.1 Å². The van der Waals surface area contributed by atoms with Gasteiger partial charge in [0, 0.05) is 24.7 Å². The SMILES string of the molecule is Cc1cc(-n2cncn2)ccc1C(=O)N1CC2CCC(N)C2C1. The van der Waals surface area contributed by atoms with Gasteiger partial charge in [0.15, 0.2) is 0 Å². The summed E-state index contributed by atoms with van der Waals surface area (Å²) in [6.07, 6.45) is 5.41. The number of amides is 1. The Morgan fingerprint density at radius 2 is 2.17 bits per heavy atom. The predicted molar refractivity (Wildman–Crippen MR) is 86.2 cm³/mol. The Morgan fingerprint density at radius 3 is 2.87 bits per heavy atom. The van der Waals surface area contributed by atoms with Crippen LogP contribution in [0.4, 0.5) is 0 Å². The second-order valence-corrected chi connectivity index (χ2v) is 6.71. The van der Waals surface area contributed by atoms with Gasteiger partial charge >= 0.3 is 0 Å². The lowest BCUT2D eigenvalue weighted by atomic mass is 9.98. The lowest BCUT2D eigenvalue weighted by Gasteiger charge is -2.20. The smallest absolute Gasteiger partial charge is 0.254 e. The Morgan fingerprint density at radius 1 is 1.30 bits per heavy atom. The fourth-order valence-corrected chi connectivity index (χ4v) is 4.02. The highest BCUT2D eigenvalue weighted by atomic mass is 16.2. The summed E-state index contributed by atoms with van der Waals surface area (Å²) in [4.78, 5) is 18.8. The van der Waals surface area contributed by atoms with E-state index in [4.69, 9.17) is 5.73 Å². The number of aromatic nitrogens is 3. The molecule has 3 atom stereocenters. The average molecular weight is 311 g/mol. The van der Waals surface area contributed by atoms with Crippen LogP contribution in [-0.2, 0) is 0 Å². The summed E-state index contributed by atoms with van der Waals surface area (Å²) in [5.41, 5.74) is 8.81. The van der Waals surface area contributed by atoms with E-state index in [-0.39, 0.29) is 11.9 Å². The minimum atomic E-state index is 0.120. The number of hydrogen-bond donors (Lipinski definition) is 1. The molecule has 2 fully saturated rings. The summed E-state index contributed by atoms with van der Waals surface area (Å²) in [6.45, 7) is 3.62. The second kappa shape index (κ2) is 5.45. The monoisotopic (exact) mass is 311 g/mol. The summed E-state index contributed by atoms with van der Waals surface area (Å²) in [5.74, 6) is 1.19. The van der Waals surface area contributed by atoms with Crippen molar-refractivity contribution in [2.24, 2.45) is 17.6 Å². The maximum atomic E-state index is 12.9. The van der Waals surface area contributed by atoms with Gasteiger partial charge in [0.2, 0.25) is 0 Å². The summed E-state index contributed by atoms with van der Waals surface area (Å²) >= 11 is 0. The number of carbonyl (C=O) groups excluding carboxylic acids is 1. The van der Waals surface area contributed by atoms with Crippen LogP contribution >= 0.6 is 0 Å². The first-order valence-corrected chi connectivity index (χ1v) is 8.14. The number of rotatable bonds is 2. The molecule has 2 aliphatic rings. The number of fused-ring (bicyclic) bond motifs is 1. The highest BCUT2D eigenvalue weighted by Gasteiger charge is 2.42. The molecule has 1 aliphatic heterocycles. The number of likely N-dealkylation sites (tertiary alicyclic amines) is 1. The van der Waals surface area contributed by atoms with Gasteiger partial charge in [-0.1, -0.05) is 0 Å². The molecule has 0 bridgehead atoms. The van der Waals surface area contributed by atoms with E-state index >= 15 is 0 Å². The zero-order chi connectivity index (χ0) is 16.0.